The van der Waals surface area contributed by atoms with Crippen molar-refractivity contribution in [2.75, 3.05) is 20.6 Å². The van der Waals surface area contributed by atoms with Gasteiger partial charge in [0.05, 0.1) is 12.6 Å². The summed E-state index contributed by atoms with van der Waals surface area (Å²) in [5.74, 6) is 0.773. The zero-order chi connectivity index (χ0) is 17.6. The Hall–Kier alpha value is -2.34. The van der Waals surface area contributed by atoms with Crippen LogP contribution in [0.4, 0.5) is 4.79 Å². The van der Waals surface area contributed by atoms with E-state index in [1.165, 1.54) is 11.1 Å². The van der Waals surface area contributed by atoms with E-state index in [0.29, 0.717) is 6.54 Å². The summed E-state index contributed by atoms with van der Waals surface area (Å²) < 4.78 is 0. The molecular formula is C19H27N5O. The van der Waals surface area contributed by atoms with Crippen LogP contribution in [0.15, 0.2) is 36.7 Å². The normalized spacial score (nSPS) is 17.7. The third kappa shape index (κ3) is 4.60. The number of benzene rings is 1. The Morgan fingerprint density at radius 2 is 2.12 bits per heavy atom. The molecule has 1 aromatic heterocycles. The van der Waals surface area contributed by atoms with E-state index in [0.717, 1.165) is 38.2 Å². The van der Waals surface area contributed by atoms with Crippen LogP contribution in [0.25, 0.3) is 0 Å². The Morgan fingerprint density at radius 3 is 2.80 bits per heavy atom. The minimum absolute atomic E-state index is 0.0153. The molecule has 2 N–H and O–H groups in total. The van der Waals surface area contributed by atoms with E-state index in [9.17, 15) is 4.79 Å². The van der Waals surface area contributed by atoms with E-state index < -0.39 is 0 Å². The van der Waals surface area contributed by atoms with E-state index in [1.807, 2.05) is 4.90 Å². The van der Waals surface area contributed by atoms with Crippen molar-refractivity contribution in [1.82, 2.24) is 25.1 Å². The number of imidazole rings is 1. The van der Waals surface area contributed by atoms with Gasteiger partial charge in [-0.2, -0.15) is 0 Å². The number of amides is 2. The highest BCUT2D eigenvalue weighted by molar-refractivity contribution is 5.74. The molecule has 0 aliphatic carbocycles. The summed E-state index contributed by atoms with van der Waals surface area (Å²) in [4.78, 5) is 23.9. The number of hydrogen-bond donors (Lipinski definition) is 2. The summed E-state index contributed by atoms with van der Waals surface area (Å²) in [6, 6.07) is 8.81. The van der Waals surface area contributed by atoms with Gasteiger partial charge in [-0.25, -0.2) is 9.78 Å². The molecule has 1 atom stereocenters. The third-order valence-corrected chi connectivity index (χ3v) is 4.59. The zero-order valence-electron chi connectivity index (χ0n) is 15.0. The molecular weight excluding hydrogens is 314 g/mol. The first-order valence-electron chi connectivity index (χ1n) is 8.90. The van der Waals surface area contributed by atoms with Gasteiger partial charge in [-0.1, -0.05) is 24.3 Å². The average Bonchev–Trinajstić information content (AvgIpc) is 3.13. The van der Waals surface area contributed by atoms with Gasteiger partial charge in [0.25, 0.3) is 0 Å². The number of likely N-dealkylation sites (tertiary alicyclic amines) is 1. The number of carbonyl (C=O) groups is 1. The molecule has 3 rings (SSSR count). The number of hydrogen-bond acceptors (Lipinski definition) is 3. The molecule has 2 amide bonds. The number of nitrogens with one attached hydrogen (secondary N) is 2. The fourth-order valence-corrected chi connectivity index (χ4v) is 3.39. The van der Waals surface area contributed by atoms with E-state index >= 15 is 0 Å². The van der Waals surface area contributed by atoms with Crippen LogP contribution >= 0.6 is 0 Å². The van der Waals surface area contributed by atoms with Crippen molar-refractivity contribution in [3.8, 4) is 0 Å². The van der Waals surface area contributed by atoms with Crippen LogP contribution in [0.2, 0.25) is 0 Å². The second kappa shape index (κ2) is 8.16. The number of nitrogens with zero attached hydrogens (tertiary/aromatic N) is 3. The Labute approximate surface area is 149 Å². The number of urea groups is 1. The van der Waals surface area contributed by atoms with E-state index in [4.69, 9.17) is 0 Å². The number of rotatable bonds is 5. The van der Waals surface area contributed by atoms with Crippen LogP contribution in [0.1, 0.15) is 42.3 Å². The van der Waals surface area contributed by atoms with Crippen molar-refractivity contribution in [3.63, 3.8) is 0 Å². The molecule has 1 aromatic carbocycles. The molecule has 0 radical (unpaired) electrons. The molecule has 2 aromatic rings. The van der Waals surface area contributed by atoms with Crippen LogP contribution in [0.3, 0.4) is 0 Å². The summed E-state index contributed by atoms with van der Waals surface area (Å²) >= 11 is 0. The predicted octanol–water partition coefficient (Wildman–Crippen LogP) is 2.91. The SMILES string of the molecule is CN(C)Cc1ccc([C@H]2CCCCN2C(=O)NCc2ncc[nH]2)cc1. The second-order valence-corrected chi connectivity index (χ2v) is 6.88. The topological polar surface area (TPSA) is 64.3 Å². The Morgan fingerprint density at radius 1 is 1.32 bits per heavy atom. The summed E-state index contributed by atoms with van der Waals surface area (Å²) in [7, 11) is 4.14. The van der Waals surface area contributed by atoms with Crippen LogP contribution in [-0.2, 0) is 13.1 Å². The number of aromatic nitrogens is 2. The molecule has 0 saturated carbocycles. The smallest absolute Gasteiger partial charge is 0.318 e. The molecule has 1 aliphatic heterocycles. The lowest BCUT2D eigenvalue weighted by Crippen LogP contribution is -2.44. The number of carbonyl (C=O) groups excluding carboxylic acids is 1. The van der Waals surface area contributed by atoms with Gasteiger partial charge in [-0.3, -0.25) is 0 Å². The quantitative estimate of drug-likeness (QED) is 0.879. The van der Waals surface area contributed by atoms with Crippen molar-refractivity contribution in [2.45, 2.75) is 38.4 Å². The van der Waals surface area contributed by atoms with Gasteiger partial charge in [-0.15, -0.1) is 0 Å². The maximum Gasteiger partial charge on any atom is 0.318 e. The van der Waals surface area contributed by atoms with Gasteiger partial charge in [-0.05, 0) is 44.5 Å². The molecule has 1 saturated heterocycles. The summed E-state index contributed by atoms with van der Waals surface area (Å²) in [5, 5.41) is 2.98. The molecule has 25 heavy (non-hydrogen) atoms. The molecule has 6 nitrogen and oxygen atoms in total. The molecule has 0 unspecified atom stereocenters. The first kappa shape index (κ1) is 17.5. The molecule has 0 bridgehead atoms. The first-order chi connectivity index (χ1) is 12.1. The lowest BCUT2D eigenvalue weighted by Gasteiger charge is -2.36. The van der Waals surface area contributed by atoms with Gasteiger partial charge >= 0.3 is 6.03 Å². The highest BCUT2D eigenvalue weighted by Gasteiger charge is 2.27. The van der Waals surface area contributed by atoms with Crippen molar-refractivity contribution in [3.05, 3.63) is 53.6 Å². The van der Waals surface area contributed by atoms with Crippen molar-refractivity contribution in [2.24, 2.45) is 0 Å². The van der Waals surface area contributed by atoms with Gasteiger partial charge in [0.1, 0.15) is 5.82 Å². The largest absolute Gasteiger partial charge is 0.347 e. The molecule has 1 aliphatic rings. The predicted molar refractivity (Wildman–Crippen MR) is 98.0 cm³/mol. The Bertz CT molecular complexity index is 666. The van der Waals surface area contributed by atoms with Crippen molar-refractivity contribution < 1.29 is 4.79 Å². The minimum atomic E-state index is -0.0153. The monoisotopic (exact) mass is 341 g/mol. The molecule has 2 heterocycles. The summed E-state index contributed by atoms with van der Waals surface area (Å²) in [6.45, 7) is 2.16. The van der Waals surface area contributed by atoms with E-state index in [-0.39, 0.29) is 12.1 Å². The van der Waals surface area contributed by atoms with Crippen LogP contribution in [0, 0.1) is 0 Å². The van der Waals surface area contributed by atoms with Crippen LogP contribution in [-0.4, -0.2) is 46.4 Å². The van der Waals surface area contributed by atoms with Gasteiger partial charge in [0, 0.05) is 25.5 Å². The number of piperidine rings is 1. The average molecular weight is 341 g/mol. The fraction of sp³-hybridized carbons (Fsp3) is 0.474. The summed E-state index contributed by atoms with van der Waals surface area (Å²) in [6.07, 6.45) is 6.69. The lowest BCUT2D eigenvalue weighted by molar-refractivity contribution is 0.151. The maximum absolute atomic E-state index is 12.7. The molecule has 1 fully saturated rings. The van der Waals surface area contributed by atoms with Gasteiger partial charge < -0.3 is 20.1 Å². The number of aromatic amines is 1. The van der Waals surface area contributed by atoms with E-state index in [2.05, 4.69) is 58.5 Å². The molecule has 0 spiro atoms. The molecule has 6 heteroatoms. The lowest BCUT2D eigenvalue weighted by atomic mass is 9.95. The molecule has 134 valence electrons. The number of H-pyrrole nitrogens is 1. The summed E-state index contributed by atoms with van der Waals surface area (Å²) in [5.41, 5.74) is 2.51. The first-order valence-corrected chi connectivity index (χ1v) is 8.90. The van der Waals surface area contributed by atoms with Gasteiger partial charge in [0.2, 0.25) is 0 Å². The van der Waals surface area contributed by atoms with Crippen LogP contribution in [0.5, 0.6) is 0 Å². The Balaban J connectivity index is 1.66. The van der Waals surface area contributed by atoms with E-state index in [1.54, 1.807) is 12.4 Å². The van der Waals surface area contributed by atoms with Crippen molar-refractivity contribution in [1.29, 1.82) is 0 Å². The zero-order valence-corrected chi connectivity index (χ0v) is 15.0. The second-order valence-electron chi connectivity index (χ2n) is 6.88. The van der Waals surface area contributed by atoms with Gasteiger partial charge in [0.15, 0.2) is 0 Å². The highest BCUT2D eigenvalue weighted by Crippen LogP contribution is 2.31. The maximum atomic E-state index is 12.7. The third-order valence-electron chi connectivity index (χ3n) is 4.59. The van der Waals surface area contributed by atoms with Crippen LogP contribution < -0.4 is 5.32 Å². The minimum Gasteiger partial charge on any atom is -0.347 e. The Kier molecular flexibility index (Phi) is 5.71. The standard InChI is InChI=1S/C19H27N5O/c1-23(2)14-15-6-8-16(9-7-15)17-5-3-4-12-24(17)19(25)22-13-18-20-10-11-21-18/h6-11,17H,3-5,12-14H2,1-2H3,(H,20,21)(H,22,25)/t17-/m1/s1. The highest BCUT2D eigenvalue weighted by atomic mass is 16.2. The van der Waals surface area contributed by atoms with Crippen molar-refractivity contribution >= 4 is 6.03 Å². The fourth-order valence-electron chi connectivity index (χ4n) is 3.39.